The molecule has 0 atom stereocenters. The Morgan fingerprint density at radius 3 is 1.55 bits per heavy atom. The number of carbonyl (C=O) groups excluding carboxylic acids is 3. The first-order valence-corrected chi connectivity index (χ1v) is 13.8. The van der Waals surface area contributed by atoms with Crippen molar-refractivity contribution in [3.05, 3.63) is 60.8 Å². The van der Waals surface area contributed by atoms with Gasteiger partial charge in [0.2, 0.25) is 5.24 Å². The normalized spacial score (nSPS) is 9.50. The molecule has 0 spiro atoms. The van der Waals surface area contributed by atoms with E-state index in [2.05, 4.69) is 64.3 Å². The van der Waals surface area contributed by atoms with E-state index in [4.69, 9.17) is 26.2 Å². The summed E-state index contributed by atoms with van der Waals surface area (Å²) in [5.74, 6) is -0.396. The summed E-state index contributed by atoms with van der Waals surface area (Å²) in [6.45, 7) is 19.4. The second-order valence-electron chi connectivity index (χ2n) is 7.96. The van der Waals surface area contributed by atoms with E-state index < -0.39 is 5.24 Å². The van der Waals surface area contributed by atoms with Crippen LogP contribution in [0.15, 0.2) is 60.8 Å². The van der Waals surface area contributed by atoms with Crippen molar-refractivity contribution in [1.29, 1.82) is 0 Å². The number of aliphatic hydroxyl groups is 1. The molecule has 0 aliphatic rings. The van der Waals surface area contributed by atoms with E-state index in [1.54, 1.807) is 13.8 Å². The molecule has 0 saturated carbocycles. The number of hydrogen-bond acceptors (Lipinski definition) is 6. The van der Waals surface area contributed by atoms with Crippen LogP contribution in [0.1, 0.15) is 101 Å². The van der Waals surface area contributed by atoms with Gasteiger partial charge in [-0.1, -0.05) is 70.4 Å². The van der Waals surface area contributed by atoms with Crippen LogP contribution in [0.25, 0.3) is 0 Å². The molecule has 0 unspecified atom stereocenters. The monoisotopic (exact) mass is 594 g/mol. The van der Waals surface area contributed by atoms with E-state index in [1.807, 2.05) is 13.0 Å². The van der Waals surface area contributed by atoms with E-state index in [0.717, 1.165) is 51.4 Å². The fourth-order valence-corrected chi connectivity index (χ4v) is 1.99. The van der Waals surface area contributed by atoms with Crippen LogP contribution in [0.4, 0.5) is 0 Å². The van der Waals surface area contributed by atoms with Gasteiger partial charge in [0, 0.05) is 24.2 Å². The second-order valence-corrected chi connectivity index (χ2v) is 8.30. The van der Waals surface area contributed by atoms with E-state index >= 15 is 0 Å². The molecule has 0 fully saturated rings. The molecule has 0 bridgehead atoms. The van der Waals surface area contributed by atoms with Gasteiger partial charge in [0.1, 0.15) is 0 Å². The van der Waals surface area contributed by atoms with Gasteiger partial charge in [-0.2, -0.15) is 0 Å². The predicted octanol–water partition coefficient (Wildman–Crippen LogP) is 4.13. The maximum absolute atomic E-state index is 10.9. The summed E-state index contributed by atoms with van der Waals surface area (Å²) in [5, 5.41) is 7.87. The third-order valence-electron chi connectivity index (χ3n) is 3.99. The number of aliphatic hydroxyl groups excluding tert-OH is 1. The van der Waals surface area contributed by atoms with Gasteiger partial charge in [-0.25, -0.2) is 4.79 Å². The minimum absolute atomic E-state index is 0. The molecule has 9 heteroatoms. The maximum atomic E-state index is 10.9. The topological polar surface area (TPSA) is 89.9 Å². The van der Waals surface area contributed by atoms with Crippen molar-refractivity contribution in [2.24, 2.45) is 0 Å². The second kappa shape index (κ2) is 44.7. The predicted molar refractivity (Wildman–Crippen MR) is 172 cm³/mol. The van der Waals surface area contributed by atoms with Gasteiger partial charge in [0.25, 0.3) is 0 Å². The molecule has 0 rings (SSSR count). The molecule has 0 aliphatic heterocycles. The summed E-state index contributed by atoms with van der Waals surface area (Å²) in [6.07, 6.45) is 20.8. The zero-order valence-electron chi connectivity index (χ0n) is 26.7. The largest absolute Gasteiger partial charge is 1.00 e. The Morgan fingerprint density at radius 2 is 1.20 bits per heavy atom. The van der Waals surface area contributed by atoms with Crippen molar-refractivity contribution in [1.82, 2.24) is 0 Å². The Morgan fingerprint density at radius 1 is 0.775 bits per heavy atom. The first-order valence-electron chi connectivity index (χ1n) is 13.4. The molecule has 0 aliphatic carbocycles. The van der Waals surface area contributed by atoms with Crippen LogP contribution in [-0.4, -0.2) is 59.5 Å². The molecule has 0 aromatic carbocycles. The number of carbonyl (C=O) groups is 3. The first-order chi connectivity index (χ1) is 18.0. The average Bonchev–Trinajstić information content (AvgIpc) is 2.88. The zero-order chi connectivity index (χ0) is 30.0. The molecule has 0 radical (unpaired) electrons. The summed E-state index contributed by atoms with van der Waals surface area (Å²) in [5.41, 5.74) is 0.848. The Bertz CT molecular complexity index is 701. The maximum Gasteiger partial charge on any atom is 1.00 e. The van der Waals surface area contributed by atoms with E-state index in [9.17, 15) is 14.4 Å². The molecular formula is C31H57AlClLiO6. The summed E-state index contributed by atoms with van der Waals surface area (Å²) in [6, 6.07) is 0. The number of ether oxygens (including phenoxy) is 2. The number of allylic oxidation sites excluding steroid dienone is 7. The minimum atomic E-state index is -0.463. The van der Waals surface area contributed by atoms with Gasteiger partial charge in [-0.05, 0) is 83.7 Å². The third kappa shape index (κ3) is 56.8. The van der Waals surface area contributed by atoms with Crippen LogP contribution in [0, 0.1) is 0 Å². The van der Waals surface area contributed by atoms with Crippen LogP contribution in [0.5, 0.6) is 0 Å². The summed E-state index contributed by atoms with van der Waals surface area (Å²) in [7, 11) is 0. The van der Waals surface area contributed by atoms with Crippen LogP contribution in [0.3, 0.4) is 0 Å². The molecular weight excluding hydrogens is 538 g/mol. The number of esters is 2. The van der Waals surface area contributed by atoms with Crippen molar-refractivity contribution < 1.29 is 49.3 Å². The standard InChI is InChI=1S/C11H18O2.C9H16O2.C7H14O.C4H5ClO.Al.Li.4H/c1-4-5-6-7-8-9-13-11(12)10(2)3;1-3-5-6-7-8-9(10)11-4-2;1-2-3-4-5-6-7-8;1-3(2)4(5)6;;;;;;/h5-6H,2,4,7-9H2,1,3H3;5-6H,3-4,7-8H2,1-2H3;3-4,8H,2,5-7H2,1H3;1H2,2H3;;;;;;/q;;;;;+1;;;;-1/b2*6-5-;4-3-;;;;;;;. The molecule has 0 heterocycles. The van der Waals surface area contributed by atoms with Crippen molar-refractivity contribution in [3.8, 4) is 0 Å². The molecule has 40 heavy (non-hydrogen) atoms. The van der Waals surface area contributed by atoms with E-state index in [-0.39, 0.29) is 49.6 Å². The van der Waals surface area contributed by atoms with Gasteiger partial charge >= 0.3 is 30.8 Å². The van der Waals surface area contributed by atoms with Gasteiger partial charge in [-0.15, -0.1) is 0 Å². The van der Waals surface area contributed by atoms with Crippen molar-refractivity contribution in [2.75, 3.05) is 19.8 Å². The Balaban J connectivity index is -0.0000000759. The molecule has 0 amide bonds. The summed E-state index contributed by atoms with van der Waals surface area (Å²) >= 11 is 4.87. The SMILES string of the molecule is C=C(C)C(=O)Cl.C=C(C)C(=O)OCCC/C=C\CC.CC/C=C\CCC(=O)OCC.CC/C=C\CCCO.[AlH3].[H-].[Li+]. The van der Waals surface area contributed by atoms with Crippen molar-refractivity contribution in [3.63, 3.8) is 0 Å². The van der Waals surface area contributed by atoms with Crippen LogP contribution >= 0.6 is 11.6 Å². The molecule has 0 aromatic rings. The van der Waals surface area contributed by atoms with Crippen molar-refractivity contribution >= 4 is 46.1 Å². The average molecular weight is 595 g/mol. The molecule has 1 N–H and O–H groups in total. The van der Waals surface area contributed by atoms with Crippen LogP contribution < -0.4 is 18.9 Å². The minimum Gasteiger partial charge on any atom is -1.00 e. The van der Waals surface area contributed by atoms with Gasteiger partial charge in [0.05, 0.1) is 13.2 Å². The van der Waals surface area contributed by atoms with E-state index in [1.165, 1.54) is 0 Å². The van der Waals surface area contributed by atoms with Gasteiger partial charge < -0.3 is 16.0 Å². The van der Waals surface area contributed by atoms with Crippen molar-refractivity contribution in [2.45, 2.75) is 99.3 Å². The fourth-order valence-electron chi connectivity index (χ4n) is 1.99. The number of unbranched alkanes of at least 4 members (excludes halogenated alkanes) is 2. The van der Waals surface area contributed by atoms with Gasteiger partial charge in [0.15, 0.2) is 17.4 Å². The Labute approximate surface area is 274 Å². The number of halogens is 1. The zero-order valence-corrected chi connectivity index (χ0v) is 26.5. The molecule has 0 saturated heterocycles. The Kier molecular flexibility index (Phi) is 57.5. The molecule has 6 nitrogen and oxygen atoms in total. The first kappa shape index (κ1) is 51.4. The Hall–Kier alpha value is -1.31. The van der Waals surface area contributed by atoms with Crippen LogP contribution in [0.2, 0.25) is 0 Å². The fraction of sp³-hybridized carbons (Fsp3) is 0.581. The third-order valence-corrected chi connectivity index (χ3v) is 4.31. The summed E-state index contributed by atoms with van der Waals surface area (Å²) in [4.78, 5) is 31.5. The quantitative estimate of drug-likeness (QED) is 0.0722. The number of rotatable bonds is 16. The summed E-state index contributed by atoms with van der Waals surface area (Å²) < 4.78 is 9.66. The smallest absolute Gasteiger partial charge is 1.00 e. The van der Waals surface area contributed by atoms with Gasteiger partial charge in [-0.3, -0.25) is 9.59 Å². The number of hydrogen-bond donors (Lipinski definition) is 1. The molecule has 0 aromatic heterocycles. The van der Waals surface area contributed by atoms with E-state index in [0.29, 0.717) is 37.4 Å². The molecule has 228 valence electrons. The van der Waals surface area contributed by atoms with Crippen LogP contribution in [-0.2, 0) is 23.9 Å².